The predicted molar refractivity (Wildman–Crippen MR) is 79.6 cm³/mol. The maximum atomic E-state index is 5.34. The summed E-state index contributed by atoms with van der Waals surface area (Å²) in [4.78, 5) is 6.78. The van der Waals surface area contributed by atoms with Crippen LogP contribution in [0, 0.1) is 0 Å². The molecule has 2 aromatic rings. The van der Waals surface area contributed by atoms with Gasteiger partial charge in [0.25, 0.3) is 0 Å². The second kappa shape index (κ2) is 7.43. The molecule has 0 bridgehead atoms. The highest BCUT2D eigenvalue weighted by molar-refractivity contribution is 7.09. The zero-order valence-corrected chi connectivity index (χ0v) is 12.4. The van der Waals surface area contributed by atoms with Crippen LogP contribution in [0.4, 0.5) is 0 Å². The van der Waals surface area contributed by atoms with E-state index in [1.54, 1.807) is 17.6 Å². The van der Waals surface area contributed by atoms with Crippen molar-refractivity contribution in [2.24, 2.45) is 0 Å². The summed E-state index contributed by atoms with van der Waals surface area (Å²) in [6, 6.07) is 3.83. The van der Waals surface area contributed by atoms with E-state index in [1.807, 2.05) is 12.1 Å². The van der Waals surface area contributed by atoms with Gasteiger partial charge in [0, 0.05) is 18.3 Å². The molecule has 0 saturated heterocycles. The molecule has 0 atom stereocenters. The van der Waals surface area contributed by atoms with Gasteiger partial charge < -0.3 is 14.6 Å². The van der Waals surface area contributed by atoms with Crippen molar-refractivity contribution in [2.45, 2.75) is 12.8 Å². The summed E-state index contributed by atoms with van der Waals surface area (Å²) in [5.41, 5.74) is 0.942. The topological polar surface area (TPSA) is 41.3 Å². The molecule has 0 aliphatic rings. The molecule has 0 amide bonds. The van der Waals surface area contributed by atoms with Gasteiger partial charge >= 0.3 is 0 Å². The highest BCUT2D eigenvalue weighted by Crippen LogP contribution is 2.22. The first-order chi connectivity index (χ1) is 9.25. The van der Waals surface area contributed by atoms with Crippen molar-refractivity contribution in [3.8, 4) is 11.5 Å². The van der Waals surface area contributed by atoms with E-state index in [4.69, 9.17) is 4.42 Å². The second-order valence-corrected chi connectivity index (χ2v) is 5.70. The molecule has 0 unspecified atom stereocenters. The Morgan fingerprint density at radius 2 is 2.26 bits per heavy atom. The highest BCUT2D eigenvalue weighted by atomic mass is 32.1. The molecule has 19 heavy (non-hydrogen) atoms. The molecule has 2 rings (SSSR count). The zero-order valence-electron chi connectivity index (χ0n) is 11.6. The number of rotatable bonds is 8. The van der Waals surface area contributed by atoms with E-state index in [-0.39, 0.29) is 0 Å². The van der Waals surface area contributed by atoms with Gasteiger partial charge in [-0.3, -0.25) is 0 Å². The van der Waals surface area contributed by atoms with Crippen molar-refractivity contribution < 1.29 is 4.42 Å². The van der Waals surface area contributed by atoms with E-state index in [9.17, 15) is 0 Å². The van der Waals surface area contributed by atoms with Crippen LogP contribution in [0.15, 0.2) is 28.2 Å². The molecule has 1 N–H and O–H groups in total. The van der Waals surface area contributed by atoms with Gasteiger partial charge in [-0.2, -0.15) is 0 Å². The Hall–Kier alpha value is -1.17. The fraction of sp³-hybridized carbons (Fsp3) is 0.500. The van der Waals surface area contributed by atoms with Crippen molar-refractivity contribution >= 4 is 11.3 Å². The Balaban J connectivity index is 1.67. The van der Waals surface area contributed by atoms with E-state index in [0.717, 1.165) is 42.5 Å². The maximum Gasteiger partial charge on any atom is 0.153 e. The van der Waals surface area contributed by atoms with Gasteiger partial charge in [0.05, 0.1) is 11.3 Å². The van der Waals surface area contributed by atoms with Gasteiger partial charge in [-0.25, -0.2) is 4.98 Å². The fourth-order valence-electron chi connectivity index (χ4n) is 1.80. The summed E-state index contributed by atoms with van der Waals surface area (Å²) < 4.78 is 5.34. The third-order valence-electron chi connectivity index (χ3n) is 2.80. The Labute approximate surface area is 118 Å². The van der Waals surface area contributed by atoms with Crippen LogP contribution in [-0.2, 0) is 6.42 Å². The smallest absolute Gasteiger partial charge is 0.153 e. The first kappa shape index (κ1) is 14.2. The normalized spacial score (nSPS) is 11.3. The van der Waals surface area contributed by atoms with Crippen LogP contribution in [0.1, 0.15) is 11.4 Å². The monoisotopic (exact) mass is 279 g/mol. The number of nitrogens with one attached hydrogen (secondary N) is 1. The largest absolute Gasteiger partial charge is 0.463 e. The average molecular weight is 279 g/mol. The zero-order chi connectivity index (χ0) is 13.5. The van der Waals surface area contributed by atoms with Crippen LogP contribution in [0.2, 0.25) is 0 Å². The Kier molecular flexibility index (Phi) is 5.57. The number of hydrogen-bond acceptors (Lipinski definition) is 5. The molecule has 2 aromatic heterocycles. The number of hydrogen-bond donors (Lipinski definition) is 1. The SMILES string of the molecule is CN(C)CCCNCCc1nc(-c2ccco2)cs1. The summed E-state index contributed by atoms with van der Waals surface area (Å²) in [5, 5.41) is 6.66. The molecule has 0 aliphatic heterocycles. The molecular weight excluding hydrogens is 258 g/mol. The molecule has 4 nitrogen and oxygen atoms in total. The van der Waals surface area contributed by atoms with Gasteiger partial charge in [-0.05, 0) is 45.7 Å². The summed E-state index contributed by atoms with van der Waals surface area (Å²) in [6.45, 7) is 3.18. The summed E-state index contributed by atoms with van der Waals surface area (Å²) in [6.07, 6.45) is 3.84. The van der Waals surface area contributed by atoms with Crippen LogP contribution in [0.25, 0.3) is 11.5 Å². The van der Waals surface area contributed by atoms with Crippen LogP contribution in [0.3, 0.4) is 0 Å². The molecule has 0 spiro atoms. The van der Waals surface area contributed by atoms with Gasteiger partial charge in [-0.15, -0.1) is 11.3 Å². The van der Waals surface area contributed by atoms with Crippen molar-refractivity contribution in [1.82, 2.24) is 15.2 Å². The van der Waals surface area contributed by atoms with Crippen LogP contribution < -0.4 is 5.32 Å². The van der Waals surface area contributed by atoms with E-state index < -0.39 is 0 Å². The fourth-order valence-corrected chi connectivity index (χ4v) is 2.59. The van der Waals surface area contributed by atoms with E-state index >= 15 is 0 Å². The van der Waals surface area contributed by atoms with Crippen LogP contribution >= 0.6 is 11.3 Å². The minimum absolute atomic E-state index is 0.849. The first-order valence-corrected chi connectivity index (χ1v) is 7.47. The Morgan fingerprint density at radius 3 is 3.00 bits per heavy atom. The lowest BCUT2D eigenvalue weighted by atomic mass is 10.3. The summed E-state index contributed by atoms with van der Waals surface area (Å²) in [7, 11) is 4.21. The number of aromatic nitrogens is 1. The number of furan rings is 1. The minimum atomic E-state index is 0.849. The van der Waals surface area contributed by atoms with E-state index in [0.29, 0.717) is 0 Å². The van der Waals surface area contributed by atoms with E-state index in [1.165, 1.54) is 6.42 Å². The third kappa shape index (κ3) is 4.78. The maximum absolute atomic E-state index is 5.34. The molecule has 0 saturated carbocycles. The molecule has 5 heteroatoms. The van der Waals surface area contributed by atoms with Crippen LogP contribution in [-0.4, -0.2) is 43.6 Å². The van der Waals surface area contributed by atoms with Gasteiger partial charge in [0.1, 0.15) is 5.69 Å². The molecule has 0 aromatic carbocycles. The average Bonchev–Trinajstić information content (AvgIpc) is 3.03. The molecule has 2 heterocycles. The lowest BCUT2D eigenvalue weighted by Gasteiger charge is -2.09. The van der Waals surface area contributed by atoms with Crippen molar-refractivity contribution in [3.63, 3.8) is 0 Å². The van der Waals surface area contributed by atoms with Crippen molar-refractivity contribution in [3.05, 3.63) is 28.8 Å². The van der Waals surface area contributed by atoms with Crippen LogP contribution in [0.5, 0.6) is 0 Å². The van der Waals surface area contributed by atoms with Gasteiger partial charge in [0.2, 0.25) is 0 Å². The van der Waals surface area contributed by atoms with Crippen molar-refractivity contribution in [1.29, 1.82) is 0 Å². The standard InChI is InChI=1S/C14H21N3OS/c1-17(2)9-4-7-15-8-6-14-16-12(11-19-14)13-5-3-10-18-13/h3,5,10-11,15H,4,6-9H2,1-2H3. The van der Waals surface area contributed by atoms with Crippen molar-refractivity contribution in [2.75, 3.05) is 33.7 Å². The molecule has 0 fully saturated rings. The Morgan fingerprint density at radius 1 is 1.37 bits per heavy atom. The first-order valence-electron chi connectivity index (χ1n) is 6.59. The lowest BCUT2D eigenvalue weighted by molar-refractivity contribution is 0.395. The highest BCUT2D eigenvalue weighted by Gasteiger charge is 2.06. The Bertz CT molecular complexity index is 465. The molecule has 0 aliphatic carbocycles. The lowest BCUT2D eigenvalue weighted by Crippen LogP contribution is -2.23. The molecular formula is C14H21N3OS. The predicted octanol–water partition coefficient (Wildman–Crippen LogP) is 2.49. The van der Waals surface area contributed by atoms with Gasteiger partial charge in [-0.1, -0.05) is 0 Å². The number of nitrogens with zero attached hydrogens (tertiary/aromatic N) is 2. The molecule has 0 radical (unpaired) electrons. The van der Waals surface area contributed by atoms with Gasteiger partial charge in [0.15, 0.2) is 5.76 Å². The summed E-state index contributed by atoms with van der Waals surface area (Å²) in [5.74, 6) is 0.849. The second-order valence-electron chi connectivity index (χ2n) is 4.76. The third-order valence-corrected chi connectivity index (χ3v) is 3.71. The number of thiazole rings is 1. The van der Waals surface area contributed by atoms with E-state index in [2.05, 4.69) is 34.7 Å². The minimum Gasteiger partial charge on any atom is -0.463 e. The quantitative estimate of drug-likeness (QED) is 0.754. The molecule has 104 valence electrons. The summed E-state index contributed by atoms with van der Waals surface area (Å²) >= 11 is 1.70.